The number of hydrogen-bond donors (Lipinski definition) is 4. The fourth-order valence-electron chi connectivity index (χ4n) is 2.50. The zero-order valence-corrected chi connectivity index (χ0v) is 18.4. The Labute approximate surface area is 185 Å². The zero-order valence-electron chi connectivity index (χ0n) is 15.1. The topological polar surface area (TPSA) is 94.0 Å². The summed E-state index contributed by atoms with van der Waals surface area (Å²) in [5.41, 5.74) is 5.48. The summed E-state index contributed by atoms with van der Waals surface area (Å²) in [4.78, 5) is 11.8. The molecule has 0 amide bonds. The van der Waals surface area contributed by atoms with E-state index in [1.807, 2.05) is 29.6 Å². The maximum atomic E-state index is 11.0. The normalized spacial score (nSPS) is 11.2. The molecule has 0 saturated carbocycles. The van der Waals surface area contributed by atoms with E-state index in [0.717, 1.165) is 14.9 Å². The van der Waals surface area contributed by atoms with Gasteiger partial charge in [-0.2, -0.15) is 5.10 Å². The highest BCUT2D eigenvalue weighted by molar-refractivity contribution is 9.10. The zero-order chi connectivity index (χ0) is 21.0. The van der Waals surface area contributed by atoms with Crippen molar-refractivity contribution in [3.05, 3.63) is 69.5 Å². The first kappa shape index (κ1) is 21.0. The minimum atomic E-state index is -1.02. The molecule has 6 nitrogen and oxygen atoms in total. The molecule has 0 aliphatic rings. The van der Waals surface area contributed by atoms with Crippen molar-refractivity contribution < 1.29 is 15.0 Å². The average Bonchev–Trinajstić information content (AvgIpc) is 3.08. The molecule has 0 radical (unpaired) electrons. The molecule has 0 aliphatic carbocycles. The summed E-state index contributed by atoms with van der Waals surface area (Å²) >= 11 is 10.0. The summed E-state index contributed by atoms with van der Waals surface area (Å²) < 4.78 is 0.967. The van der Waals surface area contributed by atoms with Crippen LogP contribution in [0.1, 0.15) is 22.8 Å². The van der Waals surface area contributed by atoms with Crippen LogP contribution in [0.5, 0.6) is 5.75 Å². The summed E-state index contributed by atoms with van der Waals surface area (Å²) in [6, 6.07) is 14.0. The van der Waals surface area contributed by atoms with E-state index in [1.54, 1.807) is 19.1 Å². The number of rotatable bonds is 5. The van der Waals surface area contributed by atoms with Gasteiger partial charge in [-0.3, -0.25) is 5.43 Å². The van der Waals surface area contributed by atoms with E-state index in [4.69, 9.17) is 17.3 Å². The SMILES string of the molecule is CC(=NNC(=S)Nc1cccc(C(=O)O)c1)c1csc(-c2ccc(Br)cc2)c1O. The second kappa shape index (κ2) is 9.17. The smallest absolute Gasteiger partial charge is 0.335 e. The minimum Gasteiger partial charge on any atom is -0.506 e. The molecule has 0 bridgehead atoms. The molecule has 1 heterocycles. The van der Waals surface area contributed by atoms with Crippen LogP contribution in [0.3, 0.4) is 0 Å². The highest BCUT2D eigenvalue weighted by atomic mass is 79.9. The number of thiocarbonyl (C=S) groups is 1. The first-order valence-electron chi connectivity index (χ1n) is 8.36. The van der Waals surface area contributed by atoms with Gasteiger partial charge in [-0.05, 0) is 55.0 Å². The third kappa shape index (κ3) is 5.20. The van der Waals surface area contributed by atoms with E-state index >= 15 is 0 Å². The van der Waals surface area contributed by atoms with Gasteiger partial charge in [0.05, 0.1) is 21.7 Å². The van der Waals surface area contributed by atoms with Gasteiger partial charge in [0.1, 0.15) is 5.75 Å². The summed E-state index contributed by atoms with van der Waals surface area (Å²) in [5.74, 6) is -0.857. The monoisotopic (exact) mass is 489 g/mol. The second-order valence-corrected chi connectivity index (χ2v) is 8.19. The van der Waals surface area contributed by atoms with E-state index in [0.29, 0.717) is 17.0 Å². The highest BCUT2D eigenvalue weighted by Crippen LogP contribution is 2.39. The standard InChI is InChI=1S/C20H16BrN3O3S2/c1-11(16-10-29-18(17(16)25)12-5-7-14(21)8-6-12)23-24-20(28)22-15-4-2-3-13(9-15)19(26)27/h2-10,25H,1H3,(H,26,27)(H2,22,24,28). The Hall–Kier alpha value is -2.75. The lowest BCUT2D eigenvalue weighted by Gasteiger charge is -2.08. The van der Waals surface area contributed by atoms with Crippen molar-refractivity contribution >= 4 is 62.0 Å². The van der Waals surface area contributed by atoms with Crippen LogP contribution in [0.2, 0.25) is 0 Å². The van der Waals surface area contributed by atoms with Crippen LogP contribution in [0.4, 0.5) is 5.69 Å². The summed E-state index contributed by atoms with van der Waals surface area (Å²) in [7, 11) is 0. The highest BCUT2D eigenvalue weighted by Gasteiger charge is 2.14. The lowest BCUT2D eigenvalue weighted by Crippen LogP contribution is -2.25. The number of aromatic carboxylic acids is 1. The molecule has 0 aliphatic heterocycles. The fourth-order valence-corrected chi connectivity index (χ4v) is 3.94. The maximum Gasteiger partial charge on any atom is 0.335 e. The number of halogens is 1. The number of nitrogens with zero attached hydrogens (tertiary/aromatic N) is 1. The van der Waals surface area contributed by atoms with Crippen molar-refractivity contribution in [1.82, 2.24) is 5.43 Å². The van der Waals surface area contributed by atoms with E-state index in [1.165, 1.54) is 23.5 Å². The van der Waals surface area contributed by atoms with Crippen molar-refractivity contribution in [3.63, 3.8) is 0 Å². The number of benzene rings is 2. The van der Waals surface area contributed by atoms with Crippen molar-refractivity contribution in [2.24, 2.45) is 5.10 Å². The first-order valence-corrected chi connectivity index (χ1v) is 10.4. The molecule has 3 rings (SSSR count). The Bertz CT molecular complexity index is 1090. The number of aromatic hydroxyl groups is 1. The van der Waals surface area contributed by atoms with Crippen molar-refractivity contribution in [2.45, 2.75) is 6.92 Å². The number of hydrazone groups is 1. The lowest BCUT2D eigenvalue weighted by molar-refractivity contribution is 0.0697. The van der Waals surface area contributed by atoms with Crippen LogP contribution in [0, 0.1) is 0 Å². The van der Waals surface area contributed by atoms with Gasteiger partial charge in [-0.25, -0.2) is 4.79 Å². The number of hydrogen-bond acceptors (Lipinski definition) is 5. The maximum absolute atomic E-state index is 11.0. The van der Waals surface area contributed by atoms with Gasteiger partial charge in [0, 0.05) is 15.5 Å². The summed E-state index contributed by atoms with van der Waals surface area (Å²) in [6.45, 7) is 1.76. The molecule has 0 unspecified atom stereocenters. The second-order valence-electron chi connectivity index (χ2n) is 5.98. The fraction of sp³-hybridized carbons (Fsp3) is 0.0500. The Morgan fingerprint density at radius 2 is 1.93 bits per heavy atom. The third-order valence-electron chi connectivity index (χ3n) is 3.95. The predicted octanol–water partition coefficient (Wildman–Crippen LogP) is 5.29. The number of carboxylic acid groups (broad SMARTS) is 1. The first-order chi connectivity index (χ1) is 13.8. The molecule has 4 N–H and O–H groups in total. The molecule has 0 spiro atoms. The van der Waals surface area contributed by atoms with Gasteiger partial charge in [0.15, 0.2) is 5.11 Å². The van der Waals surface area contributed by atoms with E-state index in [-0.39, 0.29) is 16.4 Å². The summed E-state index contributed by atoms with van der Waals surface area (Å²) in [6.07, 6.45) is 0. The average molecular weight is 490 g/mol. The van der Waals surface area contributed by atoms with Crippen LogP contribution < -0.4 is 10.7 Å². The number of carboxylic acids is 1. The molecule has 3 aromatic rings. The molecular formula is C20H16BrN3O3S2. The number of anilines is 1. The third-order valence-corrected chi connectivity index (χ3v) is 5.69. The Morgan fingerprint density at radius 1 is 1.21 bits per heavy atom. The van der Waals surface area contributed by atoms with Gasteiger partial charge in [0.25, 0.3) is 0 Å². The van der Waals surface area contributed by atoms with Gasteiger partial charge >= 0.3 is 5.97 Å². The molecule has 1 aromatic heterocycles. The Balaban J connectivity index is 1.70. The molecule has 2 aromatic carbocycles. The molecule has 29 heavy (non-hydrogen) atoms. The van der Waals surface area contributed by atoms with Crippen LogP contribution in [0.25, 0.3) is 10.4 Å². The minimum absolute atomic E-state index is 0.154. The lowest BCUT2D eigenvalue weighted by atomic mass is 10.1. The quantitative estimate of drug-likeness (QED) is 0.221. The van der Waals surface area contributed by atoms with E-state index in [2.05, 4.69) is 31.8 Å². The molecule has 0 atom stereocenters. The van der Waals surface area contributed by atoms with Gasteiger partial charge in [0.2, 0.25) is 0 Å². The van der Waals surface area contributed by atoms with Crippen LogP contribution in [0.15, 0.2) is 63.5 Å². The largest absolute Gasteiger partial charge is 0.506 e. The van der Waals surface area contributed by atoms with Crippen LogP contribution in [-0.4, -0.2) is 27.0 Å². The van der Waals surface area contributed by atoms with Crippen LogP contribution in [-0.2, 0) is 0 Å². The van der Waals surface area contributed by atoms with E-state index < -0.39 is 5.97 Å². The van der Waals surface area contributed by atoms with Crippen LogP contribution >= 0.6 is 39.5 Å². The van der Waals surface area contributed by atoms with Crippen molar-refractivity contribution in [1.29, 1.82) is 0 Å². The Morgan fingerprint density at radius 3 is 2.62 bits per heavy atom. The number of nitrogens with one attached hydrogen (secondary N) is 2. The predicted molar refractivity (Wildman–Crippen MR) is 124 cm³/mol. The van der Waals surface area contributed by atoms with Crippen molar-refractivity contribution in [3.8, 4) is 16.2 Å². The molecular weight excluding hydrogens is 474 g/mol. The Kier molecular flexibility index (Phi) is 6.63. The molecule has 0 fully saturated rings. The number of carbonyl (C=O) groups is 1. The van der Waals surface area contributed by atoms with Gasteiger partial charge in [-0.15, -0.1) is 11.3 Å². The van der Waals surface area contributed by atoms with Gasteiger partial charge in [-0.1, -0.05) is 34.1 Å². The van der Waals surface area contributed by atoms with Gasteiger partial charge < -0.3 is 15.5 Å². The molecule has 0 saturated heterocycles. The summed E-state index contributed by atoms with van der Waals surface area (Å²) in [5, 5.41) is 28.8. The molecule has 9 heteroatoms. The molecule has 148 valence electrons. The number of thiophene rings is 1. The van der Waals surface area contributed by atoms with Crippen molar-refractivity contribution in [2.75, 3.05) is 5.32 Å². The van der Waals surface area contributed by atoms with E-state index in [9.17, 15) is 9.90 Å².